The van der Waals surface area contributed by atoms with Gasteiger partial charge in [-0.15, -0.1) is 0 Å². The van der Waals surface area contributed by atoms with Crippen LogP contribution < -0.4 is 10.1 Å². The number of rotatable bonds is 6. The molecule has 5 nitrogen and oxygen atoms in total. The average Bonchev–Trinajstić information content (AvgIpc) is 2.83. The fourth-order valence-electron chi connectivity index (χ4n) is 3.91. The van der Waals surface area contributed by atoms with Crippen molar-refractivity contribution in [2.45, 2.75) is 57.9 Å². The average molecular weight is 344 g/mol. The fourth-order valence-corrected chi connectivity index (χ4v) is 3.91. The predicted octanol–water partition coefficient (Wildman–Crippen LogP) is 3.65. The minimum Gasteiger partial charge on any atom is -0.494 e. The summed E-state index contributed by atoms with van der Waals surface area (Å²) in [5, 5.41) is 2.98. The van der Waals surface area contributed by atoms with Crippen LogP contribution in [0.3, 0.4) is 0 Å². The van der Waals surface area contributed by atoms with E-state index < -0.39 is 5.54 Å². The lowest BCUT2D eigenvalue weighted by Gasteiger charge is -2.34. The van der Waals surface area contributed by atoms with Crippen molar-refractivity contribution in [3.8, 4) is 5.75 Å². The van der Waals surface area contributed by atoms with Gasteiger partial charge in [-0.2, -0.15) is 0 Å². The monoisotopic (exact) mass is 344 g/mol. The number of hydrogen-bond acceptors (Lipinski definition) is 3. The van der Waals surface area contributed by atoms with E-state index in [1.807, 2.05) is 31.2 Å². The molecule has 3 rings (SSSR count). The smallest absolute Gasteiger partial charge is 0.325 e. The van der Waals surface area contributed by atoms with Crippen molar-refractivity contribution in [3.05, 3.63) is 29.8 Å². The standard InChI is InChI=1S/C20H28N2O3/c1-3-16-8-10-20(11-9-16)18(23)22(19(24)21-20)12-5-13-25-17-7-4-6-15(2)14-17/h4,6-7,14,16H,3,5,8-13H2,1-2H3,(H,21,24). The molecule has 1 N–H and O–H groups in total. The van der Waals surface area contributed by atoms with Crippen LogP contribution in [-0.4, -0.2) is 35.5 Å². The third-order valence-electron chi connectivity index (χ3n) is 5.57. The zero-order valence-corrected chi connectivity index (χ0v) is 15.2. The molecule has 1 saturated heterocycles. The van der Waals surface area contributed by atoms with E-state index in [1.54, 1.807) is 0 Å². The van der Waals surface area contributed by atoms with Crippen LogP contribution in [0.1, 0.15) is 51.0 Å². The topological polar surface area (TPSA) is 58.6 Å². The summed E-state index contributed by atoms with van der Waals surface area (Å²) in [4.78, 5) is 26.5. The van der Waals surface area contributed by atoms with Gasteiger partial charge in [0.25, 0.3) is 5.91 Å². The van der Waals surface area contributed by atoms with Gasteiger partial charge in [-0.25, -0.2) is 4.79 Å². The summed E-state index contributed by atoms with van der Waals surface area (Å²) in [6.07, 6.45) is 5.37. The summed E-state index contributed by atoms with van der Waals surface area (Å²) in [5.41, 5.74) is 0.511. The zero-order chi connectivity index (χ0) is 17.9. The molecular formula is C20H28N2O3. The first-order chi connectivity index (χ1) is 12.0. The predicted molar refractivity (Wildman–Crippen MR) is 96.5 cm³/mol. The quantitative estimate of drug-likeness (QED) is 0.633. The third kappa shape index (κ3) is 3.80. The highest BCUT2D eigenvalue weighted by Crippen LogP contribution is 2.37. The van der Waals surface area contributed by atoms with Crippen LogP contribution in [0.15, 0.2) is 24.3 Å². The Balaban J connectivity index is 1.50. The first-order valence-electron chi connectivity index (χ1n) is 9.37. The molecule has 0 atom stereocenters. The zero-order valence-electron chi connectivity index (χ0n) is 15.2. The van der Waals surface area contributed by atoms with Crippen LogP contribution in [0.25, 0.3) is 0 Å². The molecule has 25 heavy (non-hydrogen) atoms. The van der Waals surface area contributed by atoms with Crippen LogP contribution >= 0.6 is 0 Å². The van der Waals surface area contributed by atoms with E-state index in [2.05, 4.69) is 12.2 Å². The number of imide groups is 1. The van der Waals surface area contributed by atoms with Crippen molar-refractivity contribution < 1.29 is 14.3 Å². The van der Waals surface area contributed by atoms with Gasteiger partial charge in [-0.05, 0) is 62.6 Å². The molecule has 2 aliphatic rings. The maximum Gasteiger partial charge on any atom is 0.325 e. The number of amides is 3. The molecule has 1 spiro atoms. The molecule has 0 radical (unpaired) electrons. The molecule has 0 aromatic heterocycles. The maximum atomic E-state index is 12.8. The van der Waals surface area contributed by atoms with Gasteiger partial charge in [0.05, 0.1) is 6.61 Å². The van der Waals surface area contributed by atoms with Gasteiger partial charge in [0.2, 0.25) is 0 Å². The Kier molecular flexibility index (Phi) is 5.30. The molecule has 1 aromatic rings. The molecule has 1 aromatic carbocycles. The molecule has 1 aliphatic carbocycles. The summed E-state index contributed by atoms with van der Waals surface area (Å²) < 4.78 is 5.71. The number of hydrogen-bond donors (Lipinski definition) is 1. The Morgan fingerprint density at radius 2 is 2.04 bits per heavy atom. The van der Waals surface area contributed by atoms with Gasteiger partial charge in [0.15, 0.2) is 0 Å². The van der Waals surface area contributed by atoms with Crippen LogP contribution in [0.5, 0.6) is 5.75 Å². The molecule has 5 heteroatoms. The van der Waals surface area contributed by atoms with Crippen molar-refractivity contribution in [2.24, 2.45) is 5.92 Å². The Hall–Kier alpha value is -2.04. The number of nitrogens with zero attached hydrogens (tertiary/aromatic N) is 1. The Morgan fingerprint density at radius 3 is 2.72 bits per heavy atom. The van der Waals surface area contributed by atoms with Gasteiger partial charge >= 0.3 is 6.03 Å². The van der Waals surface area contributed by atoms with E-state index in [-0.39, 0.29) is 11.9 Å². The Bertz CT molecular complexity index is 636. The summed E-state index contributed by atoms with van der Waals surface area (Å²) in [6.45, 7) is 5.12. The second-order valence-electron chi connectivity index (χ2n) is 7.34. The van der Waals surface area contributed by atoms with Crippen molar-refractivity contribution in [3.63, 3.8) is 0 Å². The summed E-state index contributed by atoms with van der Waals surface area (Å²) >= 11 is 0. The second-order valence-corrected chi connectivity index (χ2v) is 7.34. The van der Waals surface area contributed by atoms with E-state index in [9.17, 15) is 9.59 Å². The first-order valence-corrected chi connectivity index (χ1v) is 9.37. The van der Waals surface area contributed by atoms with Crippen LogP contribution in [0, 0.1) is 12.8 Å². The van der Waals surface area contributed by atoms with Gasteiger partial charge in [0.1, 0.15) is 11.3 Å². The minimum absolute atomic E-state index is 0.0393. The molecule has 2 fully saturated rings. The highest BCUT2D eigenvalue weighted by atomic mass is 16.5. The molecular weight excluding hydrogens is 316 g/mol. The van der Waals surface area contributed by atoms with Gasteiger partial charge < -0.3 is 10.1 Å². The number of carbonyl (C=O) groups is 2. The molecule has 1 aliphatic heterocycles. The molecule has 3 amide bonds. The first kappa shape index (κ1) is 17.8. The number of carbonyl (C=O) groups excluding carboxylic acids is 2. The largest absolute Gasteiger partial charge is 0.494 e. The van der Waals surface area contributed by atoms with Crippen LogP contribution in [0.4, 0.5) is 4.79 Å². The maximum absolute atomic E-state index is 12.8. The van der Waals surface area contributed by atoms with Gasteiger partial charge in [-0.3, -0.25) is 9.69 Å². The Labute approximate surface area is 149 Å². The summed E-state index contributed by atoms with van der Waals surface area (Å²) in [7, 11) is 0. The number of ether oxygens (including phenoxy) is 1. The number of urea groups is 1. The van der Waals surface area contributed by atoms with Gasteiger partial charge in [-0.1, -0.05) is 25.5 Å². The van der Waals surface area contributed by atoms with Crippen molar-refractivity contribution in [1.82, 2.24) is 10.2 Å². The highest BCUT2D eigenvalue weighted by Gasteiger charge is 2.51. The number of nitrogens with one attached hydrogen (secondary N) is 1. The lowest BCUT2D eigenvalue weighted by atomic mass is 9.75. The van der Waals surface area contributed by atoms with E-state index in [4.69, 9.17) is 4.74 Å². The van der Waals surface area contributed by atoms with Crippen molar-refractivity contribution in [2.75, 3.05) is 13.2 Å². The third-order valence-corrected chi connectivity index (χ3v) is 5.57. The molecule has 136 valence electrons. The fraction of sp³-hybridized carbons (Fsp3) is 0.600. The minimum atomic E-state index is -0.639. The van der Waals surface area contributed by atoms with Crippen molar-refractivity contribution >= 4 is 11.9 Å². The Morgan fingerprint density at radius 1 is 1.28 bits per heavy atom. The van der Waals surface area contributed by atoms with E-state index in [0.29, 0.717) is 25.5 Å². The van der Waals surface area contributed by atoms with Crippen molar-refractivity contribution in [1.29, 1.82) is 0 Å². The number of aryl methyl sites for hydroxylation is 1. The van der Waals surface area contributed by atoms with E-state index >= 15 is 0 Å². The number of benzene rings is 1. The lowest BCUT2D eigenvalue weighted by Crippen LogP contribution is -2.49. The van der Waals surface area contributed by atoms with Gasteiger partial charge in [0, 0.05) is 6.54 Å². The molecule has 0 unspecified atom stereocenters. The molecule has 0 bridgehead atoms. The second kappa shape index (κ2) is 7.46. The highest BCUT2D eigenvalue weighted by molar-refractivity contribution is 6.07. The SMILES string of the molecule is CCC1CCC2(CC1)NC(=O)N(CCCOc1cccc(C)c1)C2=O. The molecule has 1 saturated carbocycles. The summed E-state index contributed by atoms with van der Waals surface area (Å²) in [5.74, 6) is 1.47. The molecule has 1 heterocycles. The van der Waals surface area contributed by atoms with Crippen LogP contribution in [0.2, 0.25) is 0 Å². The van der Waals surface area contributed by atoms with Crippen LogP contribution in [-0.2, 0) is 4.79 Å². The summed E-state index contributed by atoms with van der Waals surface area (Å²) in [6, 6.07) is 7.64. The van der Waals surface area contributed by atoms with E-state index in [0.717, 1.165) is 43.4 Å². The lowest BCUT2D eigenvalue weighted by molar-refractivity contribution is -0.132. The van der Waals surface area contributed by atoms with E-state index in [1.165, 1.54) is 4.90 Å². The normalized spacial score (nSPS) is 26.2.